The van der Waals surface area contributed by atoms with Crippen molar-refractivity contribution >= 4 is 0 Å². The van der Waals surface area contributed by atoms with E-state index in [4.69, 9.17) is 4.74 Å². The van der Waals surface area contributed by atoms with Gasteiger partial charge in [0.1, 0.15) is 11.5 Å². The smallest absolute Gasteiger partial charge is 0.132 e. The van der Waals surface area contributed by atoms with Crippen molar-refractivity contribution in [3.05, 3.63) is 263 Å². The minimum atomic E-state index is -0.491. The van der Waals surface area contributed by atoms with E-state index in [1.54, 1.807) is 0 Å². The largest absolute Gasteiger partial charge is 0.457 e. The molecule has 1 spiro atoms. The summed E-state index contributed by atoms with van der Waals surface area (Å²) in [6.45, 7) is 0. The lowest BCUT2D eigenvalue weighted by molar-refractivity contribution is 0.436. The zero-order chi connectivity index (χ0) is 37.6. The predicted octanol–water partition coefficient (Wildman–Crippen LogP) is 13.9. The molecule has 0 saturated heterocycles. The third-order valence-electron chi connectivity index (χ3n) is 12.9. The van der Waals surface area contributed by atoms with Gasteiger partial charge in [0, 0.05) is 11.1 Å². The van der Waals surface area contributed by atoms with Crippen molar-refractivity contribution in [2.45, 2.75) is 10.8 Å². The summed E-state index contributed by atoms with van der Waals surface area (Å²) in [5.74, 6) is 1.81. The van der Waals surface area contributed by atoms with Gasteiger partial charge < -0.3 is 4.74 Å². The number of para-hydroxylation sites is 1. The molecule has 266 valence electrons. The number of rotatable bonds is 4. The molecule has 0 amide bonds. The highest BCUT2D eigenvalue weighted by atomic mass is 16.5. The Morgan fingerprint density at radius 2 is 0.719 bits per heavy atom. The fourth-order valence-electron chi connectivity index (χ4n) is 10.6. The van der Waals surface area contributed by atoms with Gasteiger partial charge in [-0.25, -0.2) is 0 Å². The van der Waals surface area contributed by atoms with Crippen molar-refractivity contribution in [2.24, 2.45) is 0 Å². The van der Waals surface area contributed by atoms with E-state index in [-0.39, 0.29) is 0 Å². The molecule has 1 heterocycles. The van der Waals surface area contributed by atoms with Crippen LogP contribution in [0.15, 0.2) is 218 Å². The lowest BCUT2D eigenvalue weighted by atomic mass is 9.66. The minimum absolute atomic E-state index is 0.429. The van der Waals surface area contributed by atoms with Crippen molar-refractivity contribution < 1.29 is 4.74 Å². The zero-order valence-electron chi connectivity index (χ0n) is 31.2. The van der Waals surface area contributed by atoms with Gasteiger partial charge in [0.15, 0.2) is 0 Å². The van der Waals surface area contributed by atoms with Crippen LogP contribution in [0, 0.1) is 0 Å². The van der Waals surface area contributed by atoms with E-state index in [0.29, 0.717) is 0 Å². The first kappa shape index (κ1) is 32.1. The second-order valence-electron chi connectivity index (χ2n) is 15.5. The van der Waals surface area contributed by atoms with Crippen LogP contribution in [0.2, 0.25) is 0 Å². The van der Waals surface area contributed by atoms with Crippen LogP contribution >= 0.6 is 0 Å². The molecule has 57 heavy (non-hydrogen) atoms. The molecule has 0 saturated carbocycles. The van der Waals surface area contributed by atoms with Gasteiger partial charge in [0.05, 0.1) is 10.8 Å². The fraction of sp³-hybridized carbons (Fsp3) is 0.0357. The molecular weight excluding hydrogens is 689 g/mol. The summed E-state index contributed by atoms with van der Waals surface area (Å²) in [7, 11) is 0. The number of hydrogen-bond acceptors (Lipinski definition) is 1. The maximum Gasteiger partial charge on any atom is 0.132 e. The SMILES string of the molecule is c1ccc(C2(c3ccccc3)c3ccccc3-c3c(-c4ccc(-c5ccc6c(c5)C5(c7ccccc7O6)c6ccccc6-c6ccccc65)cc4)cccc32)cc1. The van der Waals surface area contributed by atoms with Crippen LogP contribution < -0.4 is 4.74 Å². The summed E-state index contributed by atoms with van der Waals surface area (Å²) < 4.78 is 6.71. The Morgan fingerprint density at radius 1 is 0.263 bits per heavy atom. The maximum absolute atomic E-state index is 6.71. The standard InChI is InChI=1S/C56H36O/c1-3-16-40(17-4-1)55(41-18-5-2-6-19-41)48-26-12-9-22-45(48)54-42(23-15-28-50(54)55)38-32-30-37(31-33-38)39-34-35-53-51(36-39)56(49-27-13-14-29-52(49)57-53)46-24-10-7-20-43(46)44-21-8-11-25-47(44)56/h1-36H. The summed E-state index contributed by atoms with van der Waals surface area (Å²) in [6.07, 6.45) is 0. The van der Waals surface area contributed by atoms with E-state index < -0.39 is 10.8 Å². The van der Waals surface area contributed by atoms with E-state index in [9.17, 15) is 0 Å². The maximum atomic E-state index is 6.71. The Morgan fingerprint density at radius 3 is 1.37 bits per heavy atom. The van der Waals surface area contributed by atoms with Gasteiger partial charge in [-0.2, -0.15) is 0 Å². The van der Waals surface area contributed by atoms with E-state index in [1.807, 2.05) is 0 Å². The summed E-state index contributed by atoms with van der Waals surface area (Å²) >= 11 is 0. The summed E-state index contributed by atoms with van der Waals surface area (Å²) in [6, 6.07) is 80.3. The highest BCUT2D eigenvalue weighted by Crippen LogP contribution is 2.63. The van der Waals surface area contributed by atoms with Gasteiger partial charge in [-0.15, -0.1) is 0 Å². The quantitative estimate of drug-likeness (QED) is 0.176. The number of fused-ring (bicyclic) bond motifs is 12. The number of hydrogen-bond donors (Lipinski definition) is 0. The van der Waals surface area contributed by atoms with E-state index >= 15 is 0 Å². The van der Waals surface area contributed by atoms with Gasteiger partial charge in [0.25, 0.3) is 0 Å². The Labute approximate surface area is 333 Å². The van der Waals surface area contributed by atoms with E-state index in [2.05, 4.69) is 218 Å². The first-order chi connectivity index (χ1) is 28.3. The molecule has 1 nitrogen and oxygen atoms in total. The van der Waals surface area contributed by atoms with Crippen LogP contribution in [0.1, 0.15) is 44.5 Å². The highest BCUT2D eigenvalue weighted by molar-refractivity contribution is 5.96. The molecule has 1 heteroatoms. The average molecular weight is 725 g/mol. The van der Waals surface area contributed by atoms with Crippen LogP contribution in [0.5, 0.6) is 11.5 Å². The molecule has 0 radical (unpaired) electrons. The average Bonchev–Trinajstić information content (AvgIpc) is 3.76. The van der Waals surface area contributed by atoms with Crippen molar-refractivity contribution in [2.75, 3.05) is 0 Å². The van der Waals surface area contributed by atoms with Crippen LogP contribution in [-0.4, -0.2) is 0 Å². The summed E-state index contributed by atoms with van der Waals surface area (Å²) in [5.41, 5.74) is 19.2. The van der Waals surface area contributed by atoms with Gasteiger partial charge in [-0.3, -0.25) is 0 Å². The Kier molecular flexibility index (Phi) is 6.83. The number of ether oxygens (including phenoxy) is 1. The first-order valence-electron chi connectivity index (χ1n) is 19.8. The fourth-order valence-corrected chi connectivity index (χ4v) is 10.6. The van der Waals surface area contributed by atoms with Crippen molar-refractivity contribution in [1.82, 2.24) is 0 Å². The molecule has 9 aromatic carbocycles. The molecule has 3 aliphatic rings. The van der Waals surface area contributed by atoms with Crippen LogP contribution in [0.25, 0.3) is 44.5 Å². The minimum Gasteiger partial charge on any atom is -0.457 e. The molecule has 2 aliphatic carbocycles. The molecule has 12 rings (SSSR count). The van der Waals surface area contributed by atoms with Crippen molar-refractivity contribution in [3.8, 4) is 56.0 Å². The lowest BCUT2D eigenvalue weighted by Crippen LogP contribution is -2.32. The first-order valence-corrected chi connectivity index (χ1v) is 19.8. The zero-order valence-corrected chi connectivity index (χ0v) is 31.2. The third kappa shape index (κ3) is 4.29. The van der Waals surface area contributed by atoms with Gasteiger partial charge in [-0.1, -0.05) is 200 Å². The number of benzene rings is 9. The molecule has 0 fully saturated rings. The topological polar surface area (TPSA) is 9.23 Å². The molecule has 0 bridgehead atoms. The van der Waals surface area contributed by atoms with Gasteiger partial charge >= 0.3 is 0 Å². The molecule has 1 aliphatic heterocycles. The van der Waals surface area contributed by atoms with Crippen LogP contribution in [0.3, 0.4) is 0 Å². The molecule has 0 unspecified atom stereocenters. The second kappa shape index (κ2) is 12.1. The Hall–Kier alpha value is -7.22. The molecule has 9 aromatic rings. The normalized spacial score (nSPS) is 14.4. The van der Waals surface area contributed by atoms with Crippen molar-refractivity contribution in [1.29, 1.82) is 0 Å². The molecular formula is C56H36O. The predicted molar refractivity (Wildman–Crippen MR) is 232 cm³/mol. The van der Waals surface area contributed by atoms with Crippen LogP contribution in [-0.2, 0) is 10.8 Å². The highest BCUT2D eigenvalue weighted by Gasteiger charge is 2.51. The van der Waals surface area contributed by atoms with Gasteiger partial charge in [0.2, 0.25) is 0 Å². The van der Waals surface area contributed by atoms with Crippen LogP contribution in [0.4, 0.5) is 0 Å². The van der Waals surface area contributed by atoms with E-state index in [1.165, 1.54) is 89.0 Å². The molecule has 0 aromatic heterocycles. The summed E-state index contributed by atoms with van der Waals surface area (Å²) in [4.78, 5) is 0. The Balaban J connectivity index is 1.02. The molecule has 0 N–H and O–H groups in total. The summed E-state index contributed by atoms with van der Waals surface area (Å²) in [5, 5.41) is 0. The monoisotopic (exact) mass is 724 g/mol. The van der Waals surface area contributed by atoms with Crippen molar-refractivity contribution in [3.63, 3.8) is 0 Å². The van der Waals surface area contributed by atoms with Gasteiger partial charge in [-0.05, 0) is 96.1 Å². The second-order valence-corrected chi connectivity index (χ2v) is 15.5. The van der Waals surface area contributed by atoms with E-state index in [0.717, 1.165) is 11.5 Å². The Bertz CT molecular complexity index is 2940. The molecule has 0 atom stereocenters. The lowest BCUT2D eigenvalue weighted by Gasteiger charge is -2.39. The third-order valence-corrected chi connectivity index (χ3v) is 12.9.